The molecule has 0 aliphatic heterocycles. The van der Waals surface area contributed by atoms with Gasteiger partial charge in [-0.15, -0.1) is 0 Å². The van der Waals surface area contributed by atoms with Crippen LogP contribution in [-0.4, -0.2) is 24.7 Å². The molecule has 142 valence electrons. The predicted molar refractivity (Wildman–Crippen MR) is 93.9 cm³/mol. The Morgan fingerprint density at radius 2 is 1.67 bits per heavy atom. The fraction of sp³-hybridized carbons (Fsp3) is 0.167. The molecule has 0 radical (unpaired) electrons. The van der Waals surface area contributed by atoms with Crippen molar-refractivity contribution in [3.8, 4) is 5.69 Å². The fourth-order valence-corrected chi connectivity index (χ4v) is 3.40. The van der Waals surface area contributed by atoms with Crippen molar-refractivity contribution in [2.75, 3.05) is 6.54 Å². The molecule has 0 atom stereocenters. The SMILES string of the molecule is O=S(=O)(NCCc1ccc(C(F)(F)F)cc1)c1cnn(-c2ccccc2)c1. The van der Waals surface area contributed by atoms with Crippen molar-refractivity contribution in [3.05, 3.63) is 78.1 Å². The van der Waals surface area contributed by atoms with E-state index in [1.807, 2.05) is 18.2 Å². The lowest BCUT2D eigenvalue weighted by atomic mass is 10.1. The van der Waals surface area contributed by atoms with Crippen molar-refractivity contribution in [1.29, 1.82) is 0 Å². The number of para-hydroxylation sites is 1. The van der Waals surface area contributed by atoms with E-state index >= 15 is 0 Å². The van der Waals surface area contributed by atoms with E-state index in [0.29, 0.717) is 5.56 Å². The third kappa shape index (κ3) is 4.75. The zero-order valence-electron chi connectivity index (χ0n) is 14.0. The molecule has 0 aliphatic rings. The van der Waals surface area contributed by atoms with Crippen LogP contribution < -0.4 is 4.72 Å². The highest BCUT2D eigenvalue weighted by Gasteiger charge is 2.29. The Balaban J connectivity index is 1.61. The lowest BCUT2D eigenvalue weighted by Gasteiger charge is -2.08. The smallest absolute Gasteiger partial charge is 0.240 e. The maximum atomic E-state index is 12.5. The summed E-state index contributed by atoms with van der Waals surface area (Å²) in [7, 11) is -3.76. The van der Waals surface area contributed by atoms with Crippen LogP contribution in [0.25, 0.3) is 5.69 Å². The van der Waals surface area contributed by atoms with E-state index < -0.39 is 21.8 Å². The molecule has 0 amide bonds. The van der Waals surface area contributed by atoms with E-state index in [-0.39, 0.29) is 17.9 Å². The van der Waals surface area contributed by atoms with Gasteiger partial charge >= 0.3 is 6.18 Å². The average Bonchev–Trinajstić information content (AvgIpc) is 3.13. The molecule has 5 nitrogen and oxygen atoms in total. The van der Waals surface area contributed by atoms with Crippen LogP contribution >= 0.6 is 0 Å². The van der Waals surface area contributed by atoms with Crippen LogP contribution in [-0.2, 0) is 22.6 Å². The maximum Gasteiger partial charge on any atom is 0.416 e. The molecule has 9 heteroatoms. The number of rotatable bonds is 6. The molecule has 1 heterocycles. The van der Waals surface area contributed by atoms with E-state index in [9.17, 15) is 21.6 Å². The summed E-state index contributed by atoms with van der Waals surface area (Å²) in [6.07, 6.45) is -1.48. The third-order valence-electron chi connectivity index (χ3n) is 3.88. The Labute approximate surface area is 154 Å². The van der Waals surface area contributed by atoms with Crippen molar-refractivity contribution >= 4 is 10.0 Å². The van der Waals surface area contributed by atoms with Gasteiger partial charge in [0.25, 0.3) is 0 Å². The van der Waals surface area contributed by atoms with Crippen molar-refractivity contribution in [2.45, 2.75) is 17.5 Å². The first-order valence-electron chi connectivity index (χ1n) is 8.02. The molecule has 1 aromatic heterocycles. The quantitative estimate of drug-likeness (QED) is 0.696. The second kappa shape index (κ2) is 7.53. The number of hydrogen-bond acceptors (Lipinski definition) is 3. The Morgan fingerprint density at radius 1 is 1.00 bits per heavy atom. The normalized spacial score (nSPS) is 12.3. The number of benzene rings is 2. The average molecular weight is 395 g/mol. The molecular weight excluding hydrogens is 379 g/mol. The Hall–Kier alpha value is -2.65. The number of nitrogens with one attached hydrogen (secondary N) is 1. The summed E-state index contributed by atoms with van der Waals surface area (Å²) in [5.41, 5.74) is 0.592. The first-order chi connectivity index (χ1) is 12.8. The van der Waals surface area contributed by atoms with E-state index in [0.717, 1.165) is 17.8 Å². The highest BCUT2D eigenvalue weighted by molar-refractivity contribution is 7.89. The van der Waals surface area contributed by atoms with E-state index in [2.05, 4.69) is 9.82 Å². The Morgan fingerprint density at radius 3 is 2.30 bits per heavy atom. The minimum absolute atomic E-state index is 0.0128. The molecule has 0 fully saturated rings. The molecule has 0 saturated carbocycles. The minimum Gasteiger partial charge on any atom is -0.240 e. The molecule has 0 bridgehead atoms. The lowest BCUT2D eigenvalue weighted by molar-refractivity contribution is -0.137. The van der Waals surface area contributed by atoms with E-state index in [1.165, 1.54) is 29.2 Å². The number of aromatic nitrogens is 2. The molecular formula is C18H16F3N3O2S. The van der Waals surface area contributed by atoms with Crippen molar-refractivity contribution < 1.29 is 21.6 Å². The van der Waals surface area contributed by atoms with Gasteiger partial charge in [0.05, 0.1) is 23.6 Å². The van der Waals surface area contributed by atoms with Gasteiger partial charge in [0, 0.05) is 6.54 Å². The predicted octanol–water partition coefficient (Wildman–Crippen LogP) is 3.41. The van der Waals surface area contributed by atoms with Gasteiger partial charge in [-0.2, -0.15) is 18.3 Å². The van der Waals surface area contributed by atoms with Crippen LogP contribution in [0.15, 0.2) is 71.9 Å². The topological polar surface area (TPSA) is 64.0 Å². The zero-order chi connectivity index (χ0) is 19.5. The monoisotopic (exact) mass is 395 g/mol. The summed E-state index contributed by atoms with van der Waals surface area (Å²) in [6.45, 7) is 0.0597. The van der Waals surface area contributed by atoms with Crippen LogP contribution in [0.5, 0.6) is 0 Å². The summed E-state index contributed by atoms with van der Waals surface area (Å²) < 4.78 is 66.2. The van der Waals surface area contributed by atoms with Gasteiger partial charge in [0.2, 0.25) is 10.0 Å². The summed E-state index contributed by atoms with van der Waals surface area (Å²) in [5, 5.41) is 4.04. The Bertz CT molecular complexity index is 998. The summed E-state index contributed by atoms with van der Waals surface area (Å²) >= 11 is 0. The van der Waals surface area contributed by atoms with E-state index in [4.69, 9.17) is 0 Å². The standard InChI is InChI=1S/C18H16F3N3O2S/c19-18(20,21)15-8-6-14(7-9-15)10-11-23-27(25,26)17-12-22-24(13-17)16-4-2-1-3-5-16/h1-9,12-13,23H,10-11H2. The number of alkyl halides is 3. The van der Waals surface area contributed by atoms with Crippen LogP contribution in [0.1, 0.15) is 11.1 Å². The van der Waals surface area contributed by atoms with Crippen LogP contribution in [0.2, 0.25) is 0 Å². The molecule has 0 aliphatic carbocycles. The van der Waals surface area contributed by atoms with Gasteiger partial charge in [0.15, 0.2) is 0 Å². The van der Waals surface area contributed by atoms with Gasteiger partial charge in [-0.25, -0.2) is 17.8 Å². The second-order valence-electron chi connectivity index (χ2n) is 5.80. The summed E-state index contributed by atoms with van der Waals surface area (Å²) in [4.78, 5) is 0.0128. The first kappa shape index (κ1) is 19.1. The first-order valence-corrected chi connectivity index (χ1v) is 9.50. The second-order valence-corrected chi connectivity index (χ2v) is 7.57. The highest BCUT2D eigenvalue weighted by Crippen LogP contribution is 2.29. The van der Waals surface area contributed by atoms with Crippen molar-refractivity contribution in [1.82, 2.24) is 14.5 Å². The minimum atomic E-state index is -4.39. The number of sulfonamides is 1. The molecule has 0 saturated heterocycles. The fourth-order valence-electron chi connectivity index (χ4n) is 2.44. The molecule has 27 heavy (non-hydrogen) atoms. The molecule has 2 aromatic carbocycles. The molecule has 3 rings (SSSR count). The van der Waals surface area contributed by atoms with Crippen LogP contribution in [0.3, 0.4) is 0 Å². The van der Waals surface area contributed by atoms with Gasteiger partial charge in [-0.05, 0) is 36.2 Å². The lowest BCUT2D eigenvalue weighted by Crippen LogP contribution is -2.25. The van der Waals surface area contributed by atoms with Crippen LogP contribution in [0.4, 0.5) is 13.2 Å². The van der Waals surface area contributed by atoms with E-state index in [1.54, 1.807) is 12.1 Å². The third-order valence-corrected chi connectivity index (χ3v) is 5.29. The molecule has 3 aromatic rings. The number of nitrogens with zero attached hydrogens (tertiary/aromatic N) is 2. The van der Waals surface area contributed by atoms with Crippen molar-refractivity contribution in [2.24, 2.45) is 0 Å². The van der Waals surface area contributed by atoms with Gasteiger partial charge < -0.3 is 0 Å². The maximum absolute atomic E-state index is 12.5. The highest BCUT2D eigenvalue weighted by atomic mass is 32.2. The summed E-state index contributed by atoms with van der Waals surface area (Å²) in [5.74, 6) is 0. The molecule has 1 N–H and O–H groups in total. The number of hydrogen-bond donors (Lipinski definition) is 1. The van der Waals surface area contributed by atoms with Gasteiger partial charge in [-0.3, -0.25) is 0 Å². The Kier molecular flexibility index (Phi) is 5.33. The zero-order valence-corrected chi connectivity index (χ0v) is 14.8. The van der Waals surface area contributed by atoms with Crippen LogP contribution in [0, 0.1) is 0 Å². The largest absolute Gasteiger partial charge is 0.416 e. The number of halogens is 3. The molecule has 0 unspecified atom stereocenters. The van der Waals surface area contributed by atoms with Crippen molar-refractivity contribution in [3.63, 3.8) is 0 Å². The summed E-state index contributed by atoms with van der Waals surface area (Å²) in [6, 6.07) is 13.7. The molecule has 0 spiro atoms. The van der Waals surface area contributed by atoms with Gasteiger partial charge in [0.1, 0.15) is 4.90 Å². The van der Waals surface area contributed by atoms with Gasteiger partial charge in [-0.1, -0.05) is 30.3 Å².